The minimum absolute atomic E-state index is 0.0633. The molecule has 2 rings (SSSR count). The van der Waals surface area contributed by atoms with Crippen LogP contribution in [0.25, 0.3) is 11.4 Å². The molecule has 0 aliphatic rings. The Balaban J connectivity index is 2.43. The second-order valence-electron chi connectivity index (χ2n) is 4.58. The first-order valence-electron chi connectivity index (χ1n) is 6.15. The van der Waals surface area contributed by atoms with Crippen LogP contribution in [-0.2, 0) is 4.79 Å². The van der Waals surface area contributed by atoms with E-state index < -0.39 is 5.97 Å². The molecule has 0 aliphatic carbocycles. The van der Waals surface area contributed by atoms with Crippen LogP contribution in [0.3, 0.4) is 0 Å². The maximum atomic E-state index is 10.7. The fourth-order valence-electron chi connectivity index (χ4n) is 1.80. The largest absolute Gasteiger partial charge is 0.481 e. The molecular formula is C13H13Cl2N3O2S. The van der Waals surface area contributed by atoms with Crippen LogP contribution in [0.15, 0.2) is 23.4 Å². The van der Waals surface area contributed by atoms with Gasteiger partial charge in [-0.1, -0.05) is 35.0 Å². The summed E-state index contributed by atoms with van der Waals surface area (Å²) in [5.41, 5.74) is 0.785. The number of carbonyl (C=O) groups is 1. The van der Waals surface area contributed by atoms with Gasteiger partial charge in [0, 0.05) is 11.6 Å². The van der Waals surface area contributed by atoms with Crippen LogP contribution in [-0.4, -0.2) is 31.6 Å². The first-order valence-corrected chi connectivity index (χ1v) is 7.89. The van der Waals surface area contributed by atoms with Crippen molar-refractivity contribution in [2.24, 2.45) is 0 Å². The molecule has 1 aromatic heterocycles. The molecule has 0 radical (unpaired) electrons. The van der Waals surface area contributed by atoms with E-state index in [9.17, 15) is 4.79 Å². The van der Waals surface area contributed by atoms with Crippen molar-refractivity contribution in [3.05, 3.63) is 28.2 Å². The van der Waals surface area contributed by atoms with Crippen molar-refractivity contribution in [3.8, 4) is 11.4 Å². The molecule has 0 spiro atoms. The normalized spacial score (nSPS) is 11.1. The molecule has 0 unspecified atom stereocenters. The van der Waals surface area contributed by atoms with Gasteiger partial charge in [0.05, 0.1) is 15.8 Å². The zero-order valence-electron chi connectivity index (χ0n) is 11.4. The van der Waals surface area contributed by atoms with Gasteiger partial charge >= 0.3 is 5.97 Å². The lowest BCUT2D eigenvalue weighted by Crippen LogP contribution is -2.07. The van der Waals surface area contributed by atoms with Crippen LogP contribution in [0.4, 0.5) is 0 Å². The summed E-state index contributed by atoms with van der Waals surface area (Å²) in [4.78, 5) is 10.7. The number of aliphatic carboxylic acids is 1. The topological polar surface area (TPSA) is 68.0 Å². The average Bonchev–Trinajstić information content (AvgIpc) is 2.83. The van der Waals surface area contributed by atoms with Crippen LogP contribution < -0.4 is 0 Å². The van der Waals surface area contributed by atoms with E-state index >= 15 is 0 Å². The minimum atomic E-state index is -0.894. The summed E-state index contributed by atoms with van der Waals surface area (Å²) in [5, 5.41) is 18.5. The lowest BCUT2D eigenvalue weighted by molar-refractivity contribution is -0.133. The van der Waals surface area contributed by atoms with E-state index in [1.54, 1.807) is 12.1 Å². The number of thioether (sulfide) groups is 1. The van der Waals surface area contributed by atoms with Gasteiger partial charge < -0.3 is 5.11 Å². The van der Waals surface area contributed by atoms with Crippen LogP contribution >= 0.6 is 35.0 Å². The predicted octanol–water partition coefficient (Wildman–Crippen LogP) is 4.01. The molecule has 112 valence electrons. The Morgan fingerprint density at radius 1 is 1.33 bits per heavy atom. The molecule has 0 aliphatic heterocycles. The zero-order chi connectivity index (χ0) is 15.6. The predicted molar refractivity (Wildman–Crippen MR) is 84.2 cm³/mol. The van der Waals surface area contributed by atoms with Gasteiger partial charge in [0.2, 0.25) is 0 Å². The lowest BCUT2D eigenvalue weighted by atomic mass is 10.2. The second-order valence-corrected chi connectivity index (χ2v) is 6.34. The zero-order valence-corrected chi connectivity index (χ0v) is 13.7. The fourth-order valence-corrected chi connectivity index (χ4v) is 2.88. The average molecular weight is 346 g/mol. The van der Waals surface area contributed by atoms with E-state index in [0.717, 1.165) is 17.3 Å². The Bertz CT molecular complexity index is 673. The first-order chi connectivity index (χ1) is 9.90. The quantitative estimate of drug-likeness (QED) is 0.829. The van der Waals surface area contributed by atoms with E-state index in [1.807, 2.05) is 24.5 Å². The molecule has 0 saturated heterocycles. The Kier molecular flexibility index (Phi) is 5.13. The summed E-state index contributed by atoms with van der Waals surface area (Å²) in [6, 6.07) is 5.31. The maximum absolute atomic E-state index is 10.7. The second kappa shape index (κ2) is 6.68. The molecular weight excluding hydrogens is 333 g/mol. The van der Waals surface area contributed by atoms with Crippen molar-refractivity contribution in [2.45, 2.75) is 25.0 Å². The number of carboxylic acids is 1. The molecule has 1 aromatic carbocycles. The van der Waals surface area contributed by atoms with E-state index in [0.29, 0.717) is 21.0 Å². The number of nitrogens with zero attached hydrogens (tertiary/aromatic N) is 3. The van der Waals surface area contributed by atoms with Crippen molar-refractivity contribution in [2.75, 3.05) is 5.75 Å². The van der Waals surface area contributed by atoms with Gasteiger partial charge in [0.1, 0.15) is 0 Å². The third-order valence-electron chi connectivity index (χ3n) is 2.68. The maximum Gasteiger partial charge on any atom is 0.313 e. The molecule has 0 amide bonds. The van der Waals surface area contributed by atoms with Gasteiger partial charge in [-0.15, -0.1) is 10.2 Å². The monoisotopic (exact) mass is 345 g/mol. The highest BCUT2D eigenvalue weighted by Crippen LogP contribution is 2.31. The SMILES string of the molecule is CC(C)n1c(SCC(=O)O)nnc1-c1ccc(Cl)c(Cl)c1. The molecule has 0 atom stereocenters. The number of aromatic nitrogens is 3. The van der Waals surface area contributed by atoms with Crippen molar-refractivity contribution in [1.29, 1.82) is 0 Å². The molecule has 0 bridgehead atoms. The van der Waals surface area contributed by atoms with Crippen molar-refractivity contribution < 1.29 is 9.90 Å². The molecule has 0 fully saturated rings. The molecule has 21 heavy (non-hydrogen) atoms. The van der Waals surface area contributed by atoms with Gasteiger partial charge in [0.25, 0.3) is 0 Å². The third-order valence-corrected chi connectivity index (χ3v) is 4.35. The number of halogens is 2. The molecule has 1 heterocycles. The van der Waals surface area contributed by atoms with Crippen LogP contribution in [0.2, 0.25) is 10.0 Å². The Morgan fingerprint density at radius 3 is 2.62 bits per heavy atom. The summed E-state index contributed by atoms with van der Waals surface area (Å²) >= 11 is 13.1. The smallest absolute Gasteiger partial charge is 0.313 e. The van der Waals surface area contributed by atoms with Crippen LogP contribution in [0.5, 0.6) is 0 Å². The Hall–Kier alpha value is -1.24. The molecule has 1 N–H and O–H groups in total. The summed E-state index contributed by atoms with van der Waals surface area (Å²) in [6.45, 7) is 3.96. The van der Waals surface area contributed by atoms with Crippen molar-refractivity contribution >= 4 is 40.9 Å². The van der Waals surface area contributed by atoms with Gasteiger partial charge in [-0.25, -0.2) is 0 Å². The number of carboxylic acid groups (broad SMARTS) is 1. The standard InChI is InChI=1S/C13H13Cl2N3O2S/c1-7(2)18-12(8-3-4-9(14)10(15)5-8)16-17-13(18)21-6-11(19)20/h3-5,7H,6H2,1-2H3,(H,19,20). The molecule has 0 saturated carbocycles. The van der Waals surface area contributed by atoms with E-state index in [-0.39, 0.29) is 11.8 Å². The highest BCUT2D eigenvalue weighted by atomic mass is 35.5. The van der Waals surface area contributed by atoms with Crippen LogP contribution in [0, 0.1) is 0 Å². The van der Waals surface area contributed by atoms with E-state index in [1.165, 1.54) is 0 Å². The Morgan fingerprint density at radius 2 is 2.05 bits per heavy atom. The van der Waals surface area contributed by atoms with E-state index in [4.69, 9.17) is 28.3 Å². The summed E-state index contributed by atoms with van der Waals surface area (Å²) in [7, 11) is 0. The number of benzene rings is 1. The van der Waals surface area contributed by atoms with Gasteiger partial charge in [-0.2, -0.15) is 0 Å². The van der Waals surface area contributed by atoms with Crippen molar-refractivity contribution in [3.63, 3.8) is 0 Å². The molecule has 5 nitrogen and oxygen atoms in total. The summed E-state index contributed by atoms with van der Waals surface area (Å²) < 4.78 is 1.88. The highest BCUT2D eigenvalue weighted by molar-refractivity contribution is 7.99. The minimum Gasteiger partial charge on any atom is -0.481 e. The highest BCUT2D eigenvalue weighted by Gasteiger charge is 2.18. The Labute approximate surface area is 136 Å². The lowest BCUT2D eigenvalue weighted by Gasteiger charge is -2.13. The van der Waals surface area contributed by atoms with Crippen LogP contribution in [0.1, 0.15) is 19.9 Å². The molecule has 2 aromatic rings. The molecule has 8 heteroatoms. The fraction of sp³-hybridized carbons (Fsp3) is 0.308. The van der Waals surface area contributed by atoms with Gasteiger partial charge in [0.15, 0.2) is 11.0 Å². The summed E-state index contributed by atoms with van der Waals surface area (Å²) in [6.07, 6.45) is 0. The first kappa shape index (κ1) is 16.1. The number of hydrogen-bond donors (Lipinski definition) is 1. The number of hydrogen-bond acceptors (Lipinski definition) is 4. The van der Waals surface area contributed by atoms with Gasteiger partial charge in [-0.3, -0.25) is 9.36 Å². The summed E-state index contributed by atoms with van der Waals surface area (Å²) in [5.74, 6) is -0.322. The van der Waals surface area contributed by atoms with Gasteiger partial charge in [-0.05, 0) is 32.0 Å². The van der Waals surface area contributed by atoms with E-state index in [2.05, 4.69) is 10.2 Å². The number of rotatable bonds is 5. The van der Waals surface area contributed by atoms with Crippen molar-refractivity contribution in [1.82, 2.24) is 14.8 Å². The third kappa shape index (κ3) is 3.70.